The van der Waals surface area contributed by atoms with E-state index >= 15 is 0 Å². The van der Waals surface area contributed by atoms with Crippen molar-refractivity contribution < 1.29 is 18.7 Å². The summed E-state index contributed by atoms with van der Waals surface area (Å²) < 4.78 is 22.4. The van der Waals surface area contributed by atoms with Crippen molar-refractivity contribution in [2.45, 2.75) is 51.8 Å². The molecule has 0 radical (unpaired) electrons. The Balaban J connectivity index is 1.32. The highest BCUT2D eigenvalue weighted by Crippen LogP contribution is 2.30. The number of nitrogens with zero attached hydrogens (tertiary/aromatic N) is 4. The number of aromatic nitrogens is 2. The lowest BCUT2D eigenvalue weighted by molar-refractivity contribution is -0.144. The Labute approximate surface area is 229 Å². The van der Waals surface area contributed by atoms with Crippen LogP contribution in [0.25, 0.3) is 10.9 Å². The first kappa shape index (κ1) is 27.3. The minimum atomic E-state index is -0.955. The number of halogens is 1. The molecule has 10 nitrogen and oxygen atoms in total. The molecule has 1 aliphatic carbocycles. The number of fused-ring (bicyclic) bond motifs is 1. The van der Waals surface area contributed by atoms with E-state index in [4.69, 9.17) is 10.00 Å². The molecule has 2 fully saturated rings. The molecule has 40 heavy (non-hydrogen) atoms. The molecule has 0 unspecified atom stereocenters. The minimum absolute atomic E-state index is 0.00792. The van der Waals surface area contributed by atoms with Crippen molar-refractivity contribution in [3.8, 4) is 6.07 Å². The molecule has 11 heteroatoms. The van der Waals surface area contributed by atoms with Crippen molar-refractivity contribution in [2.24, 2.45) is 5.92 Å². The lowest BCUT2D eigenvalue weighted by Crippen LogP contribution is -2.50. The maximum absolute atomic E-state index is 13.9. The predicted octanol–water partition coefficient (Wildman–Crippen LogP) is 2.57. The first-order valence-electron chi connectivity index (χ1n) is 13.3. The molecule has 2 aromatic carbocycles. The average Bonchev–Trinajstić information content (AvgIpc) is 3.76. The van der Waals surface area contributed by atoms with Crippen LogP contribution < -0.4 is 16.6 Å². The summed E-state index contributed by atoms with van der Waals surface area (Å²) in [5, 5.41) is 11.8. The molecule has 1 atom stereocenters. The minimum Gasteiger partial charge on any atom is -0.365 e. The molecule has 5 rings (SSSR count). The summed E-state index contributed by atoms with van der Waals surface area (Å²) in [5.41, 5.74) is 0.548. The Kier molecular flexibility index (Phi) is 7.54. The van der Waals surface area contributed by atoms with Gasteiger partial charge in [0.05, 0.1) is 36.0 Å². The molecule has 1 aromatic heterocycles. The Hall–Kier alpha value is -4.30. The fraction of sp³-hybridized carbons (Fsp3) is 0.414. The Morgan fingerprint density at radius 2 is 1.95 bits per heavy atom. The molecule has 1 aliphatic heterocycles. The number of hydrogen-bond donors (Lipinski definition) is 1. The van der Waals surface area contributed by atoms with Gasteiger partial charge in [-0.25, -0.2) is 9.18 Å². The lowest BCUT2D eigenvalue weighted by atomic mass is 10.1. The summed E-state index contributed by atoms with van der Waals surface area (Å²) >= 11 is 0. The van der Waals surface area contributed by atoms with Crippen molar-refractivity contribution >= 4 is 28.4 Å². The average molecular weight is 548 g/mol. The fourth-order valence-corrected chi connectivity index (χ4v) is 4.99. The number of amides is 2. The summed E-state index contributed by atoms with van der Waals surface area (Å²) in [4.78, 5) is 53.9. The zero-order chi connectivity index (χ0) is 28.6. The molecule has 1 saturated carbocycles. The molecule has 208 valence electrons. The maximum Gasteiger partial charge on any atom is 0.331 e. The second kappa shape index (κ2) is 11.1. The number of morpholine rings is 1. The van der Waals surface area contributed by atoms with Gasteiger partial charge in [0.1, 0.15) is 11.9 Å². The molecule has 2 amide bonds. The molecule has 1 N–H and O–H groups in total. The topological polar surface area (TPSA) is 126 Å². The van der Waals surface area contributed by atoms with Crippen molar-refractivity contribution in [3.05, 3.63) is 74.2 Å². The third-order valence-electron chi connectivity index (χ3n) is 7.31. The third-order valence-corrected chi connectivity index (χ3v) is 7.31. The van der Waals surface area contributed by atoms with Crippen molar-refractivity contribution in [2.75, 3.05) is 25.0 Å². The second-order valence-corrected chi connectivity index (χ2v) is 10.6. The number of ether oxygens (including phenoxy) is 1. The Morgan fingerprint density at radius 1 is 1.18 bits per heavy atom. The summed E-state index contributed by atoms with van der Waals surface area (Å²) in [5.74, 6) is -1.17. The van der Waals surface area contributed by atoms with Gasteiger partial charge in [0.2, 0.25) is 5.91 Å². The SMILES string of the molecule is CC(C)n1c(=O)n(CC2CC2)c(=O)c2cc(CC(=O)N3CCO[C@@H](C(=O)Nc4ccc(C#N)c(F)c4)C3)ccc21. The van der Waals surface area contributed by atoms with E-state index < -0.39 is 17.8 Å². The van der Waals surface area contributed by atoms with Gasteiger partial charge in [-0.2, -0.15) is 5.26 Å². The quantitative estimate of drug-likeness (QED) is 0.485. The van der Waals surface area contributed by atoms with Crippen LogP contribution in [0.5, 0.6) is 0 Å². The van der Waals surface area contributed by atoms with E-state index in [0.717, 1.165) is 18.9 Å². The molecule has 0 spiro atoms. The van der Waals surface area contributed by atoms with Crippen molar-refractivity contribution in [1.82, 2.24) is 14.0 Å². The van der Waals surface area contributed by atoms with Gasteiger partial charge in [0, 0.05) is 24.8 Å². The van der Waals surface area contributed by atoms with Crippen molar-refractivity contribution in [3.63, 3.8) is 0 Å². The summed E-state index contributed by atoms with van der Waals surface area (Å²) in [6.07, 6.45) is 1.06. The third kappa shape index (κ3) is 5.53. The summed E-state index contributed by atoms with van der Waals surface area (Å²) in [6.45, 7) is 4.65. The van der Waals surface area contributed by atoms with E-state index in [1.54, 1.807) is 28.8 Å². The standard InChI is InChI=1S/C29H30FN5O5/c1-17(2)35-24-8-5-19(11-22(24)28(38)34(29(35)39)15-18-3-4-18)12-26(36)33-9-10-40-25(16-33)27(37)32-21-7-6-20(14-31)23(30)13-21/h5-8,11,13,17-18,25H,3-4,9-10,12,15-16H2,1-2H3,(H,32,37)/t25-/m1/s1. The van der Waals surface area contributed by atoms with Crippen LogP contribution in [0.3, 0.4) is 0 Å². The molecule has 2 aliphatic rings. The molecule has 1 saturated heterocycles. The van der Waals surface area contributed by atoms with Gasteiger partial charge in [-0.1, -0.05) is 6.07 Å². The van der Waals surface area contributed by atoms with E-state index in [0.29, 0.717) is 35.5 Å². The first-order valence-corrected chi connectivity index (χ1v) is 13.3. The number of nitrogens with one attached hydrogen (secondary N) is 1. The van der Waals surface area contributed by atoms with Crippen LogP contribution in [0.15, 0.2) is 46.0 Å². The molecular weight excluding hydrogens is 517 g/mol. The van der Waals surface area contributed by atoms with Gasteiger partial charge in [-0.15, -0.1) is 0 Å². The molecule has 0 bridgehead atoms. The Bertz CT molecular complexity index is 1650. The summed E-state index contributed by atoms with van der Waals surface area (Å²) in [6, 6.07) is 10.5. The van der Waals surface area contributed by atoms with Crippen LogP contribution in [0.1, 0.15) is 43.9 Å². The molecular formula is C29H30FN5O5. The van der Waals surface area contributed by atoms with Crippen LogP contribution in [-0.4, -0.2) is 51.6 Å². The van der Waals surface area contributed by atoms with Gasteiger partial charge < -0.3 is 15.0 Å². The first-order chi connectivity index (χ1) is 19.2. The highest BCUT2D eigenvalue weighted by atomic mass is 19.1. The van der Waals surface area contributed by atoms with Crippen LogP contribution in [0.4, 0.5) is 10.1 Å². The maximum atomic E-state index is 13.9. The predicted molar refractivity (Wildman–Crippen MR) is 145 cm³/mol. The number of anilines is 1. The van der Waals surface area contributed by atoms with Crippen molar-refractivity contribution in [1.29, 1.82) is 5.26 Å². The molecule has 2 heterocycles. The molecule has 3 aromatic rings. The van der Waals surface area contributed by atoms with Crippen LogP contribution in [-0.2, 0) is 27.3 Å². The van der Waals surface area contributed by atoms with E-state index in [1.807, 2.05) is 13.8 Å². The zero-order valence-corrected chi connectivity index (χ0v) is 22.4. The van der Waals surface area contributed by atoms with Gasteiger partial charge in [0.15, 0.2) is 6.10 Å². The lowest BCUT2D eigenvalue weighted by Gasteiger charge is -2.32. The monoisotopic (exact) mass is 547 g/mol. The number of rotatable bonds is 7. The highest BCUT2D eigenvalue weighted by molar-refractivity contribution is 5.95. The normalized spacial score (nSPS) is 17.2. The largest absolute Gasteiger partial charge is 0.365 e. The Morgan fingerprint density at radius 3 is 2.62 bits per heavy atom. The van der Waals surface area contributed by atoms with Gasteiger partial charge in [0.25, 0.3) is 11.5 Å². The number of carbonyl (C=O) groups excluding carboxylic acids is 2. The number of carbonyl (C=O) groups is 2. The fourth-order valence-electron chi connectivity index (χ4n) is 4.99. The van der Waals surface area contributed by atoms with Gasteiger partial charge in [-0.3, -0.25) is 23.5 Å². The number of nitriles is 1. The van der Waals surface area contributed by atoms with Gasteiger partial charge >= 0.3 is 5.69 Å². The smallest absolute Gasteiger partial charge is 0.331 e. The van der Waals surface area contributed by atoms with Crippen LogP contribution >= 0.6 is 0 Å². The van der Waals surface area contributed by atoms with E-state index in [9.17, 15) is 23.6 Å². The van der Waals surface area contributed by atoms with Crippen LogP contribution in [0.2, 0.25) is 0 Å². The van der Waals surface area contributed by atoms with Gasteiger partial charge in [-0.05, 0) is 68.5 Å². The van der Waals surface area contributed by atoms with E-state index in [2.05, 4.69) is 5.32 Å². The zero-order valence-electron chi connectivity index (χ0n) is 22.4. The summed E-state index contributed by atoms with van der Waals surface area (Å²) in [7, 11) is 0. The van der Waals surface area contributed by atoms with E-state index in [1.165, 1.54) is 21.6 Å². The van der Waals surface area contributed by atoms with Crippen LogP contribution in [0, 0.1) is 23.1 Å². The number of hydrogen-bond acceptors (Lipinski definition) is 6. The highest BCUT2D eigenvalue weighted by Gasteiger charge is 2.30. The second-order valence-electron chi connectivity index (χ2n) is 10.6. The van der Waals surface area contributed by atoms with E-state index in [-0.39, 0.29) is 54.0 Å². The number of benzene rings is 2.